The van der Waals surface area contributed by atoms with Gasteiger partial charge in [-0.2, -0.15) is 0 Å². The molecule has 0 bridgehead atoms. The van der Waals surface area contributed by atoms with Gasteiger partial charge in [0.2, 0.25) is 0 Å². The number of carbonyl (C=O) groups excluding carboxylic acids is 2. The molecule has 1 aromatic heterocycles. The molecule has 25 heavy (non-hydrogen) atoms. The average Bonchev–Trinajstić information content (AvgIpc) is 3.26. The molecule has 1 heterocycles. The van der Waals surface area contributed by atoms with E-state index in [1.54, 1.807) is 11.3 Å². The molecule has 0 aliphatic heterocycles. The molecule has 0 spiro atoms. The first-order valence-corrected chi connectivity index (χ1v) is 10.1. The van der Waals surface area contributed by atoms with Crippen molar-refractivity contribution in [1.29, 1.82) is 0 Å². The molecule has 1 atom stereocenters. The van der Waals surface area contributed by atoms with Crippen LogP contribution in [0.3, 0.4) is 0 Å². The lowest BCUT2D eigenvalue weighted by Crippen LogP contribution is -2.51. The van der Waals surface area contributed by atoms with Gasteiger partial charge in [0.1, 0.15) is 0 Å². The Morgan fingerprint density at radius 3 is 2.32 bits per heavy atom. The minimum atomic E-state index is -0.435. The van der Waals surface area contributed by atoms with E-state index in [-0.39, 0.29) is 29.7 Å². The Kier molecular flexibility index (Phi) is 6.60. The van der Waals surface area contributed by atoms with Gasteiger partial charge in [0.05, 0.1) is 23.3 Å². The first kappa shape index (κ1) is 19.9. The quantitative estimate of drug-likeness (QED) is 0.751. The fraction of sp³-hybridized carbons (Fsp3) is 0.737. The van der Waals surface area contributed by atoms with E-state index in [9.17, 15) is 9.59 Å². The summed E-state index contributed by atoms with van der Waals surface area (Å²) in [6, 6.07) is -0.309. The molecule has 5 nitrogen and oxygen atoms in total. The van der Waals surface area contributed by atoms with Crippen molar-refractivity contribution in [2.45, 2.75) is 78.9 Å². The average molecular weight is 366 g/mol. The predicted molar refractivity (Wildman–Crippen MR) is 102 cm³/mol. The maximum atomic E-state index is 12.8. The Hall–Kier alpha value is -1.43. The number of Topliss-reactive ketones (excluding diaryl/α,β-unsaturated/α-hetero) is 1. The third kappa shape index (κ3) is 5.27. The molecule has 0 radical (unpaired) electrons. The molecule has 1 saturated carbocycles. The third-order valence-electron chi connectivity index (χ3n) is 4.47. The summed E-state index contributed by atoms with van der Waals surface area (Å²) in [5.41, 5.74) is 0.937. The van der Waals surface area contributed by atoms with Crippen molar-refractivity contribution in [3.63, 3.8) is 0 Å². The first-order valence-electron chi connectivity index (χ1n) is 9.25. The zero-order chi connectivity index (χ0) is 18.7. The van der Waals surface area contributed by atoms with Crippen molar-refractivity contribution >= 4 is 23.2 Å². The van der Waals surface area contributed by atoms with Gasteiger partial charge >= 0.3 is 6.03 Å². The Balaban J connectivity index is 2.08. The van der Waals surface area contributed by atoms with E-state index >= 15 is 0 Å². The molecule has 6 heteroatoms. The molecule has 1 fully saturated rings. The Labute approximate surface area is 155 Å². The second-order valence-corrected chi connectivity index (χ2v) is 8.81. The van der Waals surface area contributed by atoms with Gasteiger partial charge in [0, 0.05) is 23.3 Å². The van der Waals surface area contributed by atoms with Gasteiger partial charge < -0.3 is 10.2 Å². The van der Waals surface area contributed by atoms with Crippen molar-refractivity contribution in [1.82, 2.24) is 15.2 Å². The topological polar surface area (TPSA) is 62.3 Å². The summed E-state index contributed by atoms with van der Waals surface area (Å²) in [4.78, 5) is 31.8. The van der Waals surface area contributed by atoms with Gasteiger partial charge in [-0.3, -0.25) is 4.79 Å². The van der Waals surface area contributed by atoms with Crippen LogP contribution in [0.25, 0.3) is 0 Å². The molecule has 1 aromatic rings. The molecule has 140 valence electrons. The van der Waals surface area contributed by atoms with E-state index in [1.807, 2.05) is 38.0 Å². The van der Waals surface area contributed by atoms with Crippen LogP contribution in [0.2, 0.25) is 0 Å². The van der Waals surface area contributed by atoms with Crippen LogP contribution in [0.1, 0.15) is 71.0 Å². The number of hydrogen-bond acceptors (Lipinski definition) is 4. The van der Waals surface area contributed by atoms with Crippen molar-refractivity contribution in [2.24, 2.45) is 11.8 Å². The second kappa shape index (κ2) is 8.30. The van der Waals surface area contributed by atoms with Crippen LogP contribution >= 0.6 is 11.3 Å². The molecular formula is C19H31N3O2S. The SMILES string of the molecule is CC(C)C(=O)C(NC(=O)N(Cc1csc(C(C)C)n1)C1CC1)C(C)C. The van der Waals surface area contributed by atoms with Crippen molar-refractivity contribution < 1.29 is 9.59 Å². The molecule has 1 aliphatic carbocycles. The molecule has 1 aliphatic rings. The number of aromatic nitrogens is 1. The van der Waals surface area contributed by atoms with E-state index < -0.39 is 6.04 Å². The molecule has 2 rings (SSSR count). The van der Waals surface area contributed by atoms with Gasteiger partial charge in [0.15, 0.2) is 5.78 Å². The number of thiazole rings is 1. The van der Waals surface area contributed by atoms with Crippen LogP contribution in [0, 0.1) is 11.8 Å². The lowest BCUT2D eigenvalue weighted by molar-refractivity contribution is -0.124. The number of nitrogens with zero attached hydrogens (tertiary/aromatic N) is 2. The Morgan fingerprint density at radius 2 is 1.88 bits per heavy atom. The fourth-order valence-corrected chi connectivity index (χ4v) is 3.56. The summed E-state index contributed by atoms with van der Waals surface area (Å²) in [6.07, 6.45) is 2.05. The molecule has 1 N–H and O–H groups in total. The van der Waals surface area contributed by atoms with Crippen LogP contribution in [-0.4, -0.2) is 33.8 Å². The van der Waals surface area contributed by atoms with Gasteiger partial charge in [-0.1, -0.05) is 41.5 Å². The Morgan fingerprint density at radius 1 is 1.24 bits per heavy atom. The number of nitrogens with one attached hydrogen (secondary N) is 1. The smallest absolute Gasteiger partial charge is 0.318 e. The normalized spacial score (nSPS) is 15.7. The van der Waals surface area contributed by atoms with Gasteiger partial charge in [-0.05, 0) is 18.8 Å². The van der Waals surface area contributed by atoms with Gasteiger partial charge in [-0.15, -0.1) is 11.3 Å². The number of carbonyl (C=O) groups is 2. The first-order chi connectivity index (χ1) is 11.7. The molecule has 0 aromatic carbocycles. The van der Waals surface area contributed by atoms with E-state index in [1.165, 1.54) is 0 Å². The van der Waals surface area contributed by atoms with Crippen molar-refractivity contribution in [3.05, 3.63) is 16.1 Å². The number of ketones is 1. The monoisotopic (exact) mass is 365 g/mol. The number of rotatable bonds is 8. The third-order valence-corrected chi connectivity index (χ3v) is 5.66. The highest BCUT2D eigenvalue weighted by Gasteiger charge is 2.35. The zero-order valence-corrected chi connectivity index (χ0v) is 17.0. The van der Waals surface area contributed by atoms with Crippen LogP contribution in [0.15, 0.2) is 5.38 Å². The maximum Gasteiger partial charge on any atom is 0.318 e. The minimum Gasteiger partial charge on any atom is -0.328 e. The van der Waals surface area contributed by atoms with Crippen LogP contribution in [-0.2, 0) is 11.3 Å². The fourth-order valence-electron chi connectivity index (χ4n) is 2.73. The van der Waals surface area contributed by atoms with Crippen LogP contribution < -0.4 is 5.32 Å². The summed E-state index contributed by atoms with van der Waals surface area (Å²) in [5.74, 6) is 0.478. The summed E-state index contributed by atoms with van der Waals surface area (Å²) >= 11 is 1.65. The summed E-state index contributed by atoms with van der Waals surface area (Å²) < 4.78 is 0. The number of urea groups is 1. The van der Waals surface area contributed by atoms with Crippen LogP contribution in [0.4, 0.5) is 4.79 Å². The summed E-state index contributed by atoms with van der Waals surface area (Å²) in [5, 5.41) is 6.12. The highest BCUT2D eigenvalue weighted by atomic mass is 32.1. The lowest BCUT2D eigenvalue weighted by Gasteiger charge is -2.28. The molecule has 2 amide bonds. The van der Waals surface area contributed by atoms with Crippen molar-refractivity contribution in [3.8, 4) is 0 Å². The van der Waals surface area contributed by atoms with E-state index in [2.05, 4.69) is 24.1 Å². The molecule has 0 saturated heterocycles. The van der Waals surface area contributed by atoms with E-state index in [4.69, 9.17) is 0 Å². The van der Waals surface area contributed by atoms with Crippen molar-refractivity contribution in [2.75, 3.05) is 0 Å². The second-order valence-electron chi connectivity index (χ2n) is 7.92. The highest BCUT2D eigenvalue weighted by molar-refractivity contribution is 7.09. The highest BCUT2D eigenvalue weighted by Crippen LogP contribution is 2.29. The Bertz CT molecular complexity index is 606. The van der Waals surface area contributed by atoms with Gasteiger partial charge in [-0.25, -0.2) is 9.78 Å². The maximum absolute atomic E-state index is 12.8. The van der Waals surface area contributed by atoms with Crippen LogP contribution in [0.5, 0.6) is 0 Å². The number of hydrogen-bond donors (Lipinski definition) is 1. The number of amides is 2. The van der Waals surface area contributed by atoms with E-state index in [0.717, 1.165) is 23.5 Å². The molecular weight excluding hydrogens is 334 g/mol. The molecule has 1 unspecified atom stereocenters. The van der Waals surface area contributed by atoms with E-state index in [0.29, 0.717) is 12.5 Å². The van der Waals surface area contributed by atoms with Gasteiger partial charge in [0.25, 0.3) is 0 Å². The standard InChI is InChI=1S/C19H31N3O2S/c1-11(2)16(17(23)12(3)4)21-19(24)22(15-7-8-15)9-14-10-25-18(20-14)13(5)6/h10-13,15-16H,7-9H2,1-6H3,(H,21,24). The lowest BCUT2D eigenvalue weighted by atomic mass is 9.93. The zero-order valence-electron chi connectivity index (χ0n) is 16.2. The largest absolute Gasteiger partial charge is 0.328 e. The predicted octanol–water partition coefficient (Wildman–Crippen LogP) is 4.19. The summed E-state index contributed by atoms with van der Waals surface area (Å²) in [7, 11) is 0. The minimum absolute atomic E-state index is 0.0757. The summed E-state index contributed by atoms with van der Waals surface area (Å²) in [6.45, 7) is 12.5.